The van der Waals surface area contributed by atoms with Gasteiger partial charge in [0.1, 0.15) is 5.75 Å². The Morgan fingerprint density at radius 1 is 0.964 bits per heavy atom. The average Bonchev–Trinajstić information content (AvgIpc) is 2.72. The second-order valence-corrected chi connectivity index (χ2v) is 7.00. The molecule has 0 aliphatic carbocycles. The molecule has 0 aliphatic rings. The van der Waals surface area contributed by atoms with Crippen LogP contribution in [-0.2, 0) is 6.42 Å². The van der Waals surface area contributed by atoms with Crippen molar-refractivity contribution < 1.29 is 14.3 Å². The number of primary amides is 1. The minimum atomic E-state index is -0.477. The molecule has 28 heavy (non-hydrogen) atoms. The number of hydrogen-bond acceptors (Lipinski definition) is 4. The number of pyridine rings is 1. The molecular formula is C22H19BrN2O3. The van der Waals surface area contributed by atoms with Crippen LogP contribution in [0.2, 0.25) is 0 Å². The van der Waals surface area contributed by atoms with E-state index in [1.54, 1.807) is 48.7 Å². The van der Waals surface area contributed by atoms with Crippen molar-refractivity contribution in [1.82, 2.24) is 4.98 Å². The standard InChI is InChI=1S/C22H19BrN2O3/c23-19-7-2-1-5-17(19)21(26)15-9-11-16(12-10-15)28-14-4-8-20-18(22(24)27)6-3-13-25-20/h1-3,5-7,9-13H,4,8,14H2,(H2,24,27). The molecule has 0 spiro atoms. The molecule has 0 aliphatic heterocycles. The highest BCUT2D eigenvalue weighted by atomic mass is 79.9. The van der Waals surface area contributed by atoms with Crippen molar-refractivity contribution in [3.63, 3.8) is 0 Å². The quantitative estimate of drug-likeness (QED) is 0.422. The van der Waals surface area contributed by atoms with Gasteiger partial charge in [0.2, 0.25) is 0 Å². The predicted molar refractivity (Wildman–Crippen MR) is 111 cm³/mol. The van der Waals surface area contributed by atoms with Crippen LogP contribution in [0.5, 0.6) is 5.75 Å². The van der Waals surface area contributed by atoms with Crippen LogP contribution in [0.3, 0.4) is 0 Å². The third-order valence-electron chi connectivity index (χ3n) is 4.22. The minimum Gasteiger partial charge on any atom is -0.494 e. The molecule has 0 unspecified atom stereocenters. The molecule has 142 valence electrons. The summed E-state index contributed by atoms with van der Waals surface area (Å²) in [5, 5.41) is 0. The van der Waals surface area contributed by atoms with Crippen LogP contribution >= 0.6 is 15.9 Å². The van der Waals surface area contributed by atoms with E-state index in [0.717, 1.165) is 4.47 Å². The summed E-state index contributed by atoms with van der Waals surface area (Å²) in [7, 11) is 0. The molecule has 0 bridgehead atoms. The molecule has 0 atom stereocenters. The number of benzene rings is 2. The van der Waals surface area contributed by atoms with Crippen LogP contribution < -0.4 is 10.5 Å². The van der Waals surface area contributed by atoms with Crippen molar-refractivity contribution in [2.75, 3.05) is 6.61 Å². The van der Waals surface area contributed by atoms with Gasteiger partial charge in [-0.25, -0.2) is 0 Å². The van der Waals surface area contributed by atoms with Crippen molar-refractivity contribution in [1.29, 1.82) is 0 Å². The number of hydrogen-bond donors (Lipinski definition) is 1. The zero-order valence-corrected chi connectivity index (χ0v) is 16.7. The smallest absolute Gasteiger partial charge is 0.250 e. The van der Waals surface area contributed by atoms with Crippen LogP contribution in [0.25, 0.3) is 0 Å². The highest BCUT2D eigenvalue weighted by molar-refractivity contribution is 9.10. The zero-order valence-electron chi connectivity index (χ0n) is 15.1. The molecule has 3 aromatic rings. The Morgan fingerprint density at radius 2 is 1.68 bits per heavy atom. The van der Waals surface area contributed by atoms with Gasteiger partial charge in [0.25, 0.3) is 5.91 Å². The highest BCUT2D eigenvalue weighted by Gasteiger charge is 2.12. The Balaban J connectivity index is 1.55. The van der Waals surface area contributed by atoms with E-state index in [9.17, 15) is 9.59 Å². The van der Waals surface area contributed by atoms with Gasteiger partial charge in [-0.15, -0.1) is 0 Å². The van der Waals surface area contributed by atoms with Crippen molar-refractivity contribution in [3.8, 4) is 5.75 Å². The number of ether oxygens (including phenoxy) is 1. The van der Waals surface area contributed by atoms with E-state index in [-0.39, 0.29) is 5.78 Å². The van der Waals surface area contributed by atoms with Gasteiger partial charge >= 0.3 is 0 Å². The summed E-state index contributed by atoms with van der Waals surface area (Å²) in [5.74, 6) is 0.155. The maximum atomic E-state index is 12.6. The molecule has 0 saturated heterocycles. The molecule has 3 rings (SSSR count). The lowest BCUT2D eigenvalue weighted by atomic mass is 10.0. The SMILES string of the molecule is NC(=O)c1cccnc1CCCOc1ccc(C(=O)c2ccccc2Br)cc1. The minimum absolute atomic E-state index is 0.0480. The van der Waals surface area contributed by atoms with E-state index in [1.165, 1.54) is 0 Å². The average molecular weight is 439 g/mol. The monoisotopic (exact) mass is 438 g/mol. The first-order valence-electron chi connectivity index (χ1n) is 8.82. The van der Waals surface area contributed by atoms with Crippen LogP contribution in [0, 0.1) is 0 Å². The number of amides is 1. The number of carbonyl (C=O) groups excluding carboxylic acids is 2. The Morgan fingerprint density at radius 3 is 2.39 bits per heavy atom. The number of aromatic nitrogens is 1. The molecule has 1 amide bonds. The fourth-order valence-electron chi connectivity index (χ4n) is 2.79. The third kappa shape index (κ3) is 4.84. The summed E-state index contributed by atoms with van der Waals surface area (Å²) in [6.07, 6.45) is 2.93. The third-order valence-corrected chi connectivity index (χ3v) is 4.91. The fourth-order valence-corrected chi connectivity index (χ4v) is 3.26. The van der Waals surface area contributed by atoms with Gasteiger partial charge in [-0.05, 0) is 61.4 Å². The topological polar surface area (TPSA) is 82.3 Å². The molecule has 1 aromatic heterocycles. The van der Waals surface area contributed by atoms with Crippen LogP contribution in [-0.4, -0.2) is 23.3 Å². The van der Waals surface area contributed by atoms with Gasteiger partial charge in [-0.2, -0.15) is 0 Å². The number of aryl methyl sites for hydroxylation is 1. The maximum Gasteiger partial charge on any atom is 0.250 e. The van der Waals surface area contributed by atoms with E-state index >= 15 is 0 Å². The van der Waals surface area contributed by atoms with E-state index in [0.29, 0.717) is 47.6 Å². The van der Waals surface area contributed by atoms with Gasteiger partial charge in [-0.1, -0.05) is 28.1 Å². The number of nitrogens with two attached hydrogens (primary N) is 1. The van der Waals surface area contributed by atoms with Crippen LogP contribution in [0.4, 0.5) is 0 Å². The maximum absolute atomic E-state index is 12.6. The zero-order chi connectivity index (χ0) is 19.9. The molecule has 2 N–H and O–H groups in total. The van der Waals surface area contributed by atoms with Crippen molar-refractivity contribution in [3.05, 3.63) is 93.7 Å². The van der Waals surface area contributed by atoms with Gasteiger partial charge in [0.05, 0.1) is 17.9 Å². The number of carbonyl (C=O) groups is 2. The largest absolute Gasteiger partial charge is 0.494 e. The summed E-state index contributed by atoms with van der Waals surface area (Å²) < 4.78 is 6.50. The van der Waals surface area contributed by atoms with Gasteiger partial charge < -0.3 is 10.5 Å². The molecule has 0 fully saturated rings. The first-order valence-corrected chi connectivity index (χ1v) is 9.61. The summed E-state index contributed by atoms with van der Waals surface area (Å²) in [4.78, 5) is 28.2. The van der Waals surface area contributed by atoms with E-state index in [4.69, 9.17) is 10.5 Å². The lowest BCUT2D eigenvalue weighted by Crippen LogP contribution is -2.15. The summed E-state index contributed by atoms with van der Waals surface area (Å²) in [6, 6.07) is 17.8. The first kappa shape index (κ1) is 19.8. The molecule has 0 saturated carbocycles. The Labute approximate surface area is 171 Å². The first-order chi connectivity index (χ1) is 13.6. The van der Waals surface area contributed by atoms with Crippen LogP contribution in [0.1, 0.15) is 38.4 Å². The lowest BCUT2D eigenvalue weighted by Gasteiger charge is -2.09. The van der Waals surface area contributed by atoms with E-state index in [2.05, 4.69) is 20.9 Å². The van der Waals surface area contributed by atoms with Crippen LogP contribution in [0.15, 0.2) is 71.3 Å². The molecule has 1 heterocycles. The summed E-state index contributed by atoms with van der Waals surface area (Å²) in [6.45, 7) is 0.465. The van der Waals surface area contributed by atoms with Gasteiger partial charge in [0, 0.05) is 21.8 Å². The molecule has 5 nitrogen and oxygen atoms in total. The van der Waals surface area contributed by atoms with Crippen molar-refractivity contribution >= 4 is 27.6 Å². The molecule has 6 heteroatoms. The number of rotatable bonds is 8. The lowest BCUT2D eigenvalue weighted by molar-refractivity contribution is 0.0997. The Hall–Kier alpha value is -2.99. The van der Waals surface area contributed by atoms with Gasteiger partial charge in [-0.3, -0.25) is 14.6 Å². The molecular weight excluding hydrogens is 420 g/mol. The van der Waals surface area contributed by atoms with Gasteiger partial charge in [0.15, 0.2) is 5.78 Å². The second kappa shape index (κ2) is 9.28. The fraction of sp³-hybridized carbons (Fsp3) is 0.136. The molecule has 2 aromatic carbocycles. The van der Waals surface area contributed by atoms with Crippen molar-refractivity contribution in [2.45, 2.75) is 12.8 Å². The number of halogens is 1. The Bertz CT molecular complexity index is 987. The van der Waals surface area contributed by atoms with E-state index in [1.807, 2.05) is 18.2 Å². The summed E-state index contributed by atoms with van der Waals surface area (Å²) in [5.41, 5.74) is 7.69. The van der Waals surface area contributed by atoms with Crippen molar-refractivity contribution in [2.24, 2.45) is 5.73 Å². The van der Waals surface area contributed by atoms with E-state index < -0.39 is 5.91 Å². The number of ketones is 1. The molecule has 0 radical (unpaired) electrons. The predicted octanol–water partition coefficient (Wildman–Crippen LogP) is 4.19. The second-order valence-electron chi connectivity index (χ2n) is 6.15. The number of nitrogens with zero attached hydrogens (tertiary/aromatic N) is 1. The Kier molecular flexibility index (Phi) is 6.55. The normalized spacial score (nSPS) is 10.5. The summed E-state index contributed by atoms with van der Waals surface area (Å²) >= 11 is 3.40. The highest BCUT2D eigenvalue weighted by Crippen LogP contribution is 2.21.